The van der Waals surface area contributed by atoms with Crippen molar-refractivity contribution in [1.82, 2.24) is 9.78 Å². The van der Waals surface area contributed by atoms with E-state index >= 15 is 0 Å². The fraction of sp³-hybridized carbons (Fsp3) is 0.375. The highest BCUT2D eigenvalue weighted by molar-refractivity contribution is 5.39. The summed E-state index contributed by atoms with van der Waals surface area (Å²) >= 11 is 0. The van der Waals surface area contributed by atoms with Crippen LogP contribution in [0.5, 0.6) is 5.75 Å². The first-order valence-corrected chi connectivity index (χ1v) is 7.32. The van der Waals surface area contributed by atoms with Crippen molar-refractivity contribution in [3.8, 4) is 5.75 Å². The second kappa shape index (κ2) is 5.99. The molecule has 2 heterocycles. The van der Waals surface area contributed by atoms with Gasteiger partial charge in [-0.05, 0) is 18.1 Å². The quantitative estimate of drug-likeness (QED) is 0.913. The number of benzene rings is 1. The van der Waals surface area contributed by atoms with Crippen LogP contribution in [0.25, 0.3) is 0 Å². The van der Waals surface area contributed by atoms with Gasteiger partial charge in [-0.1, -0.05) is 25.1 Å². The Hall–Kier alpha value is -2.30. The minimum Gasteiger partial charge on any atom is -0.488 e. The van der Waals surface area contributed by atoms with Crippen molar-refractivity contribution in [3.05, 3.63) is 52.4 Å². The second-order valence-electron chi connectivity index (χ2n) is 5.24. The second-order valence-corrected chi connectivity index (χ2v) is 5.24. The smallest absolute Gasteiger partial charge is 0.268 e. The highest BCUT2D eigenvalue weighted by atomic mass is 16.5. The lowest BCUT2D eigenvalue weighted by atomic mass is 10.1. The molecule has 0 amide bonds. The van der Waals surface area contributed by atoms with Crippen LogP contribution in [0.3, 0.4) is 0 Å². The standard InChI is InChI=1S/C16H19N3O2/c1-2-7-17-13-9-16(20)19(18-10-13)11-14-8-12-5-3-4-6-15(12)21-14/h3-6,9-10,14,17H,2,7-8,11H2,1H3. The van der Waals surface area contributed by atoms with E-state index in [9.17, 15) is 4.79 Å². The Morgan fingerprint density at radius 1 is 1.43 bits per heavy atom. The first kappa shape index (κ1) is 13.7. The van der Waals surface area contributed by atoms with Crippen molar-refractivity contribution < 1.29 is 4.74 Å². The maximum absolute atomic E-state index is 12.1. The molecule has 1 N–H and O–H groups in total. The van der Waals surface area contributed by atoms with E-state index in [1.54, 1.807) is 12.3 Å². The molecule has 0 spiro atoms. The molecule has 1 unspecified atom stereocenters. The number of nitrogens with zero attached hydrogens (tertiary/aromatic N) is 2. The molecular formula is C16H19N3O2. The summed E-state index contributed by atoms with van der Waals surface area (Å²) < 4.78 is 7.31. The first-order valence-electron chi connectivity index (χ1n) is 7.32. The van der Waals surface area contributed by atoms with Crippen molar-refractivity contribution in [2.45, 2.75) is 32.4 Å². The maximum atomic E-state index is 12.1. The van der Waals surface area contributed by atoms with E-state index in [1.807, 2.05) is 18.2 Å². The molecule has 5 heteroatoms. The van der Waals surface area contributed by atoms with E-state index in [-0.39, 0.29) is 11.7 Å². The van der Waals surface area contributed by atoms with Gasteiger partial charge in [-0.3, -0.25) is 4.79 Å². The van der Waals surface area contributed by atoms with Gasteiger partial charge in [0.15, 0.2) is 0 Å². The normalized spacial score (nSPS) is 16.3. The Morgan fingerprint density at radius 3 is 3.05 bits per heavy atom. The van der Waals surface area contributed by atoms with Crippen LogP contribution in [-0.2, 0) is 13.0 Å². The number of para-hydroxylation sites is 1. The third-order valence-corrected chi connectivity index (χ3v) is 3.54. The number of hydrogen-bond acceptors (Lipinski definition) is 4. The molecule has 1 aromatic carbocycles. The average molecular weight is 285 g/mol. The van der Waals surface area contributed by atoms with Crippen molar-refractivity contribution in [1.29, 1.82) is 0 Å². The number of ether oxygens (including phenoxy) is 1. The van der Waals surface area contributed by atoms with Gasteiger partial charge in [0.2, 0.25) is 0 Å². The molecule has 0 saturated heterocycles. The van der Waals surface area contributed by atoms with Crippen LogP contribution in [-0.4, -0.2) is 22.4 Å². The summed E-state index contributed by atoms with van der Waals surface area (Å²) in [5.74, 6) is 0.914. The van der Waals surface area contributed by atoms with Crippen LogP contribution in [0.1, 0.15) is 18.9 Å². The fourth-order valence-corrected chi connectivity index (χ4v) is 2.49. The van der Waals surface area contributed by atoms with Crippen LogP contribution in [0.15, 0.2) is 41.3 Å². The number of rotatable bonds is 5. The summed E-state index contributed by atoms with van der Waals surface area (Å²) in [5.41, 5.74) is 1.86. The molecule has 5 nitrogen and oxygen atoms in total. The summed E-state index contributed by atoms with van der Waals surface area (Å²) in [7, 11) is 0. The van der Waals surface area contributed by atoms with Crippen LogP contribution in [0, 0.1) is 0 Å². The van der Waals surface area contributed by atoms with Crippen LogP contribution < -0.4 is 15.6 Å². The maximum Gasteiger partial charge on any atom is 0.268 e. The molecule has 1 aliphatic rings. The zero-order valence-corrected chi connectivity index (χ0v) is 12.1. The minimum absolute atomic E-state index is 0.0259. The number of anilines is 1. The monoisotopic (exact) mass is 285 g/mol. The molecule has 110 valence electrons. The van der Waals surface area contributed by atoms with Crippen molar-refractivity contribution in [2.24, 2.45) is 0 Å². The molecule has 1 atom stereocenters. The molecule has 0 bridgehead atoms. The Bertz CT molecular complexity index is 656. The van der Waals surface area contributed by atoms with Crippen molar-refractivity contribution in [3.63, 3.8) is 0 Å². The molecule has 0 saturated carbocycles. The third-order valence-electron chi connectivity index (χ3n) is 3.54. The van der Waals surface area contributed by atoms with Gasteiger partial charge in [0.05, 0.1) is 18.4 Å². The molecule has 0 fully saturated rings. The lowest BCUT2D eigenvalue weighted by molar-refractivity contribution is 0.200. The van der Waals surface area contributed by atoms with Crippen LogP contribution >= 0.6 is 0 Å². The van der Waals surface area contributed by atoms with Gasteiger partial charge in [0.25, 0.3) is 5.56 Å². The molecule has 2 aromatic rings. The van der Waals surface area contributed by atoms with E-state index in [1.165, 1.54) is 10.2 Å². The molecule has 3 rings (SSSR count). The molecular weight excluding hydrogens is 266 g/mol. The summed E-state index contributed by atoms with van der Waals surface area (Å²) in [6.45, 7) is 3.39. The van der Waals surface area contributed by atoms with E-state index in [4.69, 9.17) is 4.74 Å². The largest absolute Gasteiger partial charge is 0.488 e. The molecule has 0 aliphatic carbocycles. The van der Waals surface area contributed by atoms with Gasteiger partial charge in [-0.25, -0.2) is 4.68 Å². The number of nitrogens with one attached hydrogen (secondary N) is 1. The SMILES string of the molecule is CCCNc1cnn(CC2Cc3ccccc3O2)c(=O)c1. The van der Waals surface area contributed by atoms with E-state index in [2.05, 4.69) is 23.4 Å². The highest BCUT2D eigenvalue weighted by Crippen LogP contribution is 2.28. The zero-order valence-electron chi connectivity index (χ0n) is 12.1. The van der Waals surface area contributed by atoms with Crippen molar-refractivity contribution in [2.75, 3.05) is 11.9 Å². The number of aromatic nitrogens is 2. The van der Waals surface area contributed by atoms with E-state index < -0.39 is 0 Å². The van der Waals surface area contributed by atoms with E-state index in [0.29, 0.717) is 6.54 Å². The van der Waals surface area contributed by atoms with Gasteiger partial charge in [0, 0.05) is 19.0 Å². The van der Waals surface area contributed by atoms with Gasteiger partial charge in [0.1, 0.15) is 11.9 Å². The average Bonchev–Trinajstić information content (AvgIpc) is 2.90. The molecule has 1 aromatic heterocycles. The Morgan fingerprint density at radius 2 is 2.29 bits per heavy atom. The Balaban J connectivity index is 1.68. The Kier molecular flexibility index (Phi) is 3.90. The summed E-state index contributed by atoms with van der Waals surface area (Å²) in [6, 6.07) is 9.57. The first-order chi connectivity index (χ1) is 10.3. The van der Waals surface area contributed by atoms with Gasteiger partial charge in [-0.15, -0.1) is 0 Å². The summed E-state index contributed by atoms with van der Waals surface area (Å²) in [4.78, 5) is 12.1. The predicted octanol–water partition coefficient (Wildman–Crippen LogP) is 2.07. The molecule has 1 aliphatic heterocycles. The van der Waals surface area contributed by atoms with Gasteiger partial charge < -0.3 is 10.1 Å². The molecule has 21 heavy (non-hydrogen) atoms. The predicted molar refractivity (Wildman–Crippen MR) is 81.8 cm³/mol. The fourth-order valence-electron chi connectivity index (χ4n) is 2.49. The van der Waals surface area contributed by atoms with Gasteiger partial charge in [-0.2, -0.15) is 5.10 Å². The van der Waals surface area contributed by atoms with Gasteiger partial charge >= 0.3 is 0 Å². The molecule has 0 radical (unpaired) electrons. The highest BCUT2D eigenvalue weighted by Gasteiger charge is 2.23. The zero-order chi connectivity index (χ0) is 14.7. The Labute approximate surface area is 123 Å². The summed E-state index contributed by atoms with van der Waals surface area (Å²) in [6.07, 6.45) is 3.50. The lowest BCUT2D eigenvalue weighted by Crippen LogP contribution is -2.30. The van der Waals surface area contributed by atoms with Crippen molar-refractivity contribution >= 4 is 5.69 Å². The third kappa shape index (κ3) is 3.07. The number of fused-ring (bicyclic) bond motifs is 1. The van der Waals surface area contributed by atoms with Crippen LogP contribution in [0.4, 0.5) is 5.69 Å². The minimum atomic E-state index is -0.101. The number of hydrogen-bond donors (Lipinski definition) is 1. The van der Waals surface area contributed by atoms with Crippen LogP contribution in [0.2, 0.25) is 0 Å². The topological polar surface area (TPSA) is 56.1 Å². The van der Waals surface area contributed by atoms with E-state index in [0.717, 1.165) is 30.8 Å². The summed E-state index contributed by atoms with van der Waals surface area (Å²) in [5, 5.41) is 7.38. The lowest BCUT2D eigenvalue weighted by Gasteiger charge is -2.12.